The molecule has 1 unspecified atom stereocenters. The van der Waals surface area contributed by atoms with Gasteiger partial charge in [0.15, 0.2) is 0 Å². The summed E-state index contributed by atoms with van der Waals surface area (Å²) in [4.78, 5) is 5.03. The van der Waals surface area contributed by atoms with E-state index in [1.807, 2.05) is 38.1 Å². The number of aryl methyl sites for hydroxylation is 1. The van der Waals surface area contributed by atoms with Gasteiger partial charge in [-0.1, -0.05) is 63.9 Å². The quantitative estimate of drug-likeness (QED) is 0.644. The summed E-state index contributed by atoms with van der Waals surface area (Å²) >= 11 is 6.46. The molecule has 0 amide bonds. The topological polar surface area (TPSA) is 47.3 Å². The van der Waals surface area contributed by atoms with Gasteiger partial charge in [0.2, 0.25) is 0 Å². The fraction of sp³-hybridized carbons (Fsp3) is 0.591. The Morgan fingerprint density at radius 3 is 2.39 bits per heavy atom. The second-order valence-corrected chi connectivity index (χ2v) is 9.82. The van der Waals surface area contributed by atoms with E-state index in [1.54, 1.807) is 0 Å². The van der Waals surface area contributed by atoms with Crippen molar-refractivity contribution in [3.8, 4) is 0 Å². The van der Waals surface area contributed by atoms with Crippen LogP contribution in [0.15, 0.2) is 24.3 Å². The average Bonchev–Trinajstić information content (AvgIpc) is 2.99. The van der Waals surface area contributed by atoms with Crippen molar-refractivity contribution >= 4 is 22.1 Å². The standard InChI is InChI=1S/C22H35ClN2O2Si/c1-7-8-13-17-24-19(21(2,3)4)18(20(26)22(5,6)27-28)25(17)14-15-11-9-10-12-16(15)23/h9-12,20,26H,7-8,13-14H2,1-6,28H3. The summed E-state index contributed by atoms with van der Waals surface area (Å²) in [6.07, 6.45) is 2.25. The number of hydrogen-bond donors (Lipinski definition) is 1. The third kappa shape index (κ3) is 5.06. The number of benzene rings is 1. The molecular weight excluding hydrogens is 388 g/mol. The van der Waals surface area contributed by atoms with Gasteiger partial charge in [0.25, 0.3) is 0 Å². The molecule has 0 fully saturated rings. The third-order valence-corrected chi connectivity index (χ3v) is 6.70. The van der Waals surface area contributed by atoms with Crippen LogP contribution in [0, 0.1) is 0 Å². The molecule has 2 rings (SSSR count). The van der Waals surface area contributed by atoms with Crippen molar-refractivity contribution in [2.45, 2.75) is 84.5 Å². The van der Waals surface area contributed by atoms with E-state index >= 15 is 0 Å². The Labute approximate surface area is 177 Å². The van der Waals surface area contributed by atoms with E-state index in [0.29, 0.717) is 17.0 Å². The molecule has 2 aromatic rings. The Kier molecular flexibility index (Phi) is 7.54. The lowest BCUT2D eigenvalue weighted by atomic mass is 9.86. The van der Waals surface area contributed by atoms with E-state index in [9.17, 15) is 5.11 Å². The van der Waals surface area contributed by atoms with Crippen LogP contribution in [0.4, 0.5) is 0 Å². The Morgan fingerprint density at radius 1 is 1.21 bits per heavy atom. The molecule has 0 aliphatic carbocycles. The van der Waals surface area contributed by atoms with Crippen LogP contribution in [-0.2, 0) is 22.8 Å². The van der Waals surface area contributed by atoms with Gasteiger partial charge in [0.1, 0.15) is 22.4 Å². The number of hydrogen-bond acceptors (Lipinski definition) is 3. The Balaban J connectivity index is 2.70. The van der Waals surface area contributed by atoms with Gasteiger partial charge in [-0.15, -0.1) is 0 Å². The summed E-state index contributed by atoms with van der Waals surface area (Å²) in [5.74, 6) is 1.00. The van der Waals surface area contributed by atoms with Crippen molar-refractivity contribution in [2.75, 3.05) is 0 Å². The number of aliphatic hydroxyl groups excluding tert-OH is 1. The predicted molar refractivity (Wildman–Crippen MR) is 120 cm³/mol. The summed E-state index contributed by atoms with van der Waals surface area (Å²) < 4.78 is 7.93. The predicted octanol–water partition coefficient (Wildman–Crippen LogP) is 4.33. The van der Waals surface area contributed by atoms with E-state index in [0.717, 1.165) is 47.1 Å². The summed E-state index contributed by atoms with van der Waals surface area (Å²) in [6, 6.07) is 7.88. The monoisotopic (exact) mass is 422 g/mol. The first-order valence-corrected chi connectivity index (χ1v) is 11.3. The van der Waals surface area contributed by atoms with Crippen LogP contribution < -0.4 is 0 Å². The molecule has 0 aliphatic heterocycles. The van der Waals surface area contributed by atoms with Crippen LogP contribution in [-0.4, -0.2) is 30.7 Å². The maximum atomic E-state index is 11.4. The Hall–Kier alpha value is -1.14. The molecule has 28 heavy (non-hydrogen) atoms. The number of imidazole rings is 1. The second-order valence-electron chi connectivity index (χ2n) is 9.00. The summed E-state index contributed by atoms with van der Waals surface area (Å²) in [7, 11) is 0.555. The molecule has 0 saturated carbocycles. The Bertz CT molecular complexity index is 796. The normalized spacial score (nSPS) is 13.9. The summed E-state index contributed by atoms with van der Waals surface area (Å²) in [6.45, 7) is 13.1. The molecule has 4 nitrogen and oxygen atoms in total. The van der Waals surface area contributed by atoms with Crippen LogP contribution in [0.3, 0.4) is 0 Å². The van der Waals surface area contributed by atoms with Crippen LogP contribution in [0.1, 0.15) is 83.3 Å². The zero-order valence-corrected chi connectivity index (χ0v) is 21.1. The van der Waals surface area contributed by atoms with E-state index in [1.165, 1.54) is 0 Å². The molecule has 0 spiro atoms. The molecule has 0 radical (unpaired) electrons. The second kappa shape index (κ2) is 9.12. The molecule has 1 aromatic carbocycles. The number of halogens is 1. The first kappa shape index (κ1) is 23.1. The van der Waals surface area contributed by atoms with Crippen LogP contribution in [0.5, 0.6) is 0 Å². The van der Waals surface area contributed by atoms with Crippen molar-refractivity contribution in [1.29, 1.82) is 0 Å². The highest BCUT2D eigenvalue weighted by atomic mass is 35.5. The highest BCUT2D eigenvalue weighted by Gasteiger charge is 2.37. The maximum absolute atomic E-state index is 11.4. The number of aliphatic hydroxyl groups is 1. The molecule has 0 bridgehead atoms. The zero-order valence-electron chi connectivity index (χ0n) is 18.3. The van der Waals surface area contributed by atoms with Gasteiger partial charge >= 0.3 is 0 Å². The highest BCUT2D eigenvalue weighted by molar-refractivity contribution is 6.31. The summed E-state index contributed by atoms with van der Waals surface area (Å²) in [5, 5.41) is 12.1. The SMILES string of the molecule is CCCCc1nc(C(C)(C)C)c(C(O)C(C)(C)O[SiH3])n1Cc1ccccc1Cl. The van der Waals surface area contributed by atoms with Gasteiger partial charge in [0, 0.05) is 16.9 Å². The first-order chi connectivity index (χ1) is 13.0. The van der Waals surface area contributed by atoms with Crippen molar-refractivity contribution in [2.24, 2.45) is 0 Å². The number of unbranched alkanes of at least 4 members (excludes halogenated alkanes) is 1. The molecule has 6 heteroatoms. The minimum atomic E-state index is -0.774. The van der Waals surface area contributed by atoms with Crippen LogP contribution >= 0.6 is 11.6 Å². The van der Waals surface area contributed by atoms with Crippen molar-refractivity contribution in [1.82, 2.24) is 9.55 Å². The first-order valence-electron chi connectivity index (χ1n) is 10.1. The number of nitrogens with zero attached hydrogens (tertiary/aromatic N) is 2. The lowest BCUT2D eigenvalue weighted by molar-refractivity contribution is -0.0303. The minimum Gasteiger partial charge on any atom is -0.420 e. The van der Waals surface area contributed by atoms with Crippen LogP contribution in [0.2, 0.25) is 5.02 Å². The van der Waals surface area contributed by atoms with Gasteiger partial charge < -0.3 is 14.1 Å². The largest absolute Gasteiger partial charge is 0.420 e. The van der Waals surface area contributed by atoms with Crippen LogP contribution in [0.25, 0.3) is 0 Å². The molecule has 0 saturated heterocycles. The molecule has 1 N–H and O–H groups in total. The number of aromatic nitrogens is 2. The fourth-order valence-electron chi connectivity index (χ4n) is 3.28. The third-order valence-electron chi connectivity index (χ3n) is 5.28. The summed E-state index contributed by atoms with van der Waals surface area (Å²) in [5.41, 5.74) is 1.94. The smallest absolute Gasteiger partial charge is 0.146 e. The molecule has 156 valence electrons. The van der Waals surface area contributed by atoms with E-state index in [4.69, 9.17) is 21.0 Å². The molecule has 1 aromatic heterocycles. The highest BCUT2D eigenvalue weighted by Crippen LogP contribution is 2.37. The van der Waals surface area contributed by atoms with Gasteiger partial charge in [-0.3, -0.25) is 0 Å². The van der Waals surface area contributed by atoms with E-state index < -0.39 is 11.7 Å². The molecule has 1 heterocycles. The number of rotatable bonds is 8. The molecule has 0 aliphatic rings. The fourth-order valence-corrected chi connectivity index (χ4v) is 3.70. The lowest BCUT2D eigenvalue weighted by Crippen LogP contribution is -2.35. The van der Waals surface area contributed by atoms with E-state index in [2.05, 4.69) is 32.3 Å². The lowest BCUT2D eigenvalue weighted by Gasteiger charge is -2.33. The average molecular weight is 423 g/mol. The zero-order chi connectivity index (χ0) is 21.1. The van der Waals surface area contributed by atoms with Crippen molar-refractivity contribution < 1.29 is 9.53 Å². The van der Waals surface area contributed by atoms with Gasteiger partial charge in [0.05, 0.1) is 23.5 Å². The van der Waals surface area contributed by atoms with Gasteiger partial charge in [-0.05, 0) is 31.9 Å². The molecule has 1 atom stereocenters. The van der Waals surface area contributed by atoms with Gasteiger partial charge in [-0.25, -0.2) is 4.98 Å². The minimum absolute atomic E-state index is 0.190. The Morgan fingerprint density at radius 2 is 1.86 bits per heavy atom. The maximum Gasteiger partial charge on any atom is 0.146 e. The van der Waals surface area contributed by atoms with Crippen molar-refractivity contribution in [3.63, 3.8) is 0 Å². The molecular formula is C22H35ClN2O2Si. The van der Waals surface area contributed by atoms with Crippen molar-refractivity contribution in [3.05, 3.63) is 52.1 Å². The van der Waals surface area contributed by atoms with E-state index in [-0.39, 0.29) is 5.41 Å². The van der Waals surface area contributed by atoms with Gasteiger partial charge in [-0.2, -0.15) is 0 Å².